The van der Waals surface area contributed by atoms with Crippen LogP contribution in [0.2, 0.25) is 0 Å². The fourth-order valence-corrected chi connectivity index (χ4v) is 2.61. The van der Waals surface area contributed by atoms with Crippen LogP contribution in [0.15, 0.2) is 36.4 Å². The van der Waals surface area contributed by atoms with Gasteiger partial charge in [0.2, 0.25) is 0 Å². The van der Waals surface area contributed by atoms with Gasteiger partial charge in [-0.25, -0.2) is 4.39 Å². The molecule has 1 aliphatic rings. The number of benzene rings is 2. The SMILES string of the molecule is CNC(c1ccc2c(c1)OCCO2)c1ccc(C)cc1F. The second-order valence-corrected chi connectivity index (χ2v) is 5.15. The van der Waals surface area contributed by atoms with Gasteiger partial charge >= 0.3 is 0 Å². The van der Waals surface area contributed by atoms with E-state index >= 15 is 0 Å². The van der Waals surface area contributed by atoms with E-state index in [0.717, 1.165) is 16.9 Å². The Balaban J connectivity index is 1.99. The number of nitrogens with one attached hydrogen (secondary N) is 1. The van der Waals surface area contributed by atoms with Crippen LogP contribution in [0.25, 0.3) is 0 Å². The van der Waals surface area contributed by atoms with Crippen molar-refractivity contribution in [2.24, 2.45) is 0 Å². The molecule has 0 amide bonds. The Morgan fingerprint density at radius 1 is 1.05 bits per heavy atom. The minimum atomic E-state index is -0.221. The molecule has 0 radical (unpaired) electrons. The van der Waals surface area contributed by atoms with Crippen molar-refractivity contribution in [2.75, 3.05) is 20.3 Å². The van der Waals surface area contributed by atoms with E-state index < -0.39 is 0 Å². The number of halogens is 1. The molecule has 0 bridgehead atoms. The van der Waals surface area contributed by atoms with Crippen molar-refractivity contribution in [2.45, 2.75) is 13.0 Å². The maximum absolute atomic E-state index is 14.2. The molecule has 1 heterocycles. The van der Waals surface area contributed by atoms with E-state index in [0.29, 0.717) is 24.5 Å². The Morgan fingerprint density at radius 2 is 1.81 bits per heavy atom. The highest BCUT2D eigenvalue weighted by atomic mass is 19.1. The fourth-order valence-electron chi connectivity index (χ4n) is 2.61. The highest BCUT2D eigenvalue weighted by Gasteiger charge is 2.19. The molecule has 1 aliphatic heterocycles. The van der Waals surface area contributed by atoms with E-state index in [1.807, 2.05) is 44.3 Å². The minimum Gasteiger partial charge on any atom is -0.486 e. The lowest BCUT2D eigenvalue weighted by molar-refractivity contribution is 0.171. The molecule has 0 spiro atoms. The molecule has 4 heteroatoms. The Labute approximate surface area is 123 Å². The molecule has 1 unspecified atom stereocenters. The van der Waals surface area contributed by atoms with Gasteiger partial charge in [-0.3, -0.25) is 0 Å². The molecule has 1 atom stereocenters. The monoisotopic (exact) mass is 287 g/mol. The van der Waals surface area contributed by atoms with Crippen LogP contribution in [0.1, 0.15) is 22.7 Å². The zero-order valence-corrected chi connectivity index (χ0v) is 12.2. The van der Waals surface area contributed by atoms with Crippen molar-refractivity contribution in [3.63, 3.8) is 0 Å². The molecule has 3 rings (SSSR count). The molecule has 3 nitrogen and oxygen atoms in total. The van der Waals surface area contributed by atoms with Crippen LogP contribution in [-0.2, 0) is 0 Å². The fraction of sp³-hybridized carbons (Fsp3) is 0.294. The Morgan fingerprint density at radius 3 is 2.52 bits per heavy atom. The highest BCUT2D eigenvalue weighted by molar-refractivity contribution is 5.47. The van der Waals surface area contributed by atoms with Gasteiger partial charge in [0.1, 0.15) is 19.0 Å². The molecule has 21 heavy (non-hydrogen) atoms. The maximum atomic E-state index is 14.2. The summed E-state index contributed by atoms with van der Waals surface area (Å²) in [6.07, 6.45) is 0. The second kappa shape index (κ2) is 5.74. The molecular formula is C17H18FNO2. The lowest BCUT2D eigenvalue weighted by atomic mass is 9.97. The summed E-state index contributed by atoms with van der Waals surface area (Å²) in [7, 11) is 1.82. The van der Waals surface area contributed by atoms with E-state index in [-0.39, 0.29) is 11.9 Å². The van der Waals surface area contributed by atoms with E-state index in [1.54, 1.807) is 6.07 Å². The van der Waals surface area contributed by atoms with Gasteiger partial charge < -0.3 is 14.8 Å². The van der Waals surface area contributed by atoms with Crippen molar-refractivity contribution < 1.29 is 13.9 Å². The van der Waals surface area contributed by atoms with Crippen LogP contribution >= 0.6 is 0 Å². The molecule has 2 aromatic carbocycles. The summed E-state index contributed by atoms with van der Waals surface area (Å²) in [6, 6.07) is 10.8. The first-order valence-electron chi connectivity index (χ1n) is 7.02. The second-order valence-electron chi connectivity index (χ2n) is 5.15. The molecule has 0 saturated heterocycles. The number of hydrogen-bond acceptors (Lipinski definition) is 3. The molecule has 0 aromatic heterocycles. The van der Waals surface area contributed by atoms with E-state index in [9.17, 15) is 4.39 Å². The molecular weight excluding hydrogens is 269 g/mol. The summed E-state index contributed by atoms with van der Waals surface area (Å²) in [5.74, 6) is 1.25. The molecule has 1 N–H and O–H groups in total. The Bertz CT molecular complexity index is 657. The lowest BCUT2D eigenvalue weighted by Crippen LogP contribution is -2.20. The predicted molar refractivity (Wildman–Crippen MR) is 79.5 cm³/mol. The van der Waals surface area contributed by atoms with Crippen molar-refractivity contribution in [1.29, 1.82) is 0 Å². The van der Waals surface area contributed by atoms with Crippen LogP contribution in [-0.4, -0.2) is 20.3 Å². The van der Waals surface area contributed by atoms with Crippen LogP contribution in [0.5, 0.6) is 11.5 Å². The number of aryl methyl sites for hydroxylation is 1. The maximum Gasteiger partial charge on any atom is 0.161 e. The van der Waals surface area contributed by atoms with Crippen LogP contribution in [0.3, 0.4) is 0 Å². The normalized spacial score (nSPS) is 14.8. The largest absolute Gasteiger partial charge is 0.486 e. The third-order valence-corrected chi connectivity index (χ3v) is 3.66. The van der Waals surface area contributed by atoms with Crippen molar-refractivity contribution in [1.82, 2.24) is 5.32 Å². The third kappa shape index (κ3) is 2.72. The van der Waals surface area contributed by atoms with E-state index in [1.165, 1.54) is 0 Å². The van der Waals surface area contributed by atoms with Crippen molar-refractivity contribution >= 4 is 0 Å². The first-order valence-corrected chi connectivity index (χ1v) is 7.02. The van der Waals surface area contributed by atoms with Gasteiger partial charge in [-0.2, -0.15) is 0 Å². The van der Waals surface area contributed by atoms with Crippen LogP contribution in [0.4, 0.5) is 4.39 Å². The predicted octanol–water partition coefficient (Wildman–Crippen LogP) is 3.21. The van der Waals surface area contributed by atoms with Crippen molar-refractivity contribution in [3.8, 4) is 11.5 Å². The van der Waals surface area contributed by atoms with E-state index in [4.69, 9.17) is 9.47 Å². The van der Waals surface area contributed by atoms with Crippen molar-refractivity contribution in [3.05, 3.63) is 58.9 Å². The topological polar surface area (TPSA) is 30.5 Å². The molecule has 0 aliphatic carbocycles. The average molecular weight is 287 g/mol. The van der Waals surface area contributed by atoms with Crippen LogP contribution in [0, 0.1) is 12.7 Å². The Hall–Kier alpha value is -2.07. The zero-order valence-electron chi connectivity index (χ0n) is 12.2. The van der Waals surface area contributed by atoms with Gasteiger partial charge in [0, 0.05) is 5.56 Å². The first kappa shape index (κ1) is 13.9. The number of rotatable bonds is 3. The third-order valence-electron chi connectivity index (χ3n) is 3.66. The highest BCUT2D eigenvalue weighted by Crippen LogP contribution is 2.34. The van der Waals surface area contributed by atoms with Crippen LogP contribution < -0.4 is 14.8 Å². The Kier molecular flexibility index (Phi) is 3.80. The lowest BCUT2D eigenvalue weighted by Gasteiger charge is -2.22. The number of fused-ring (bicyclic) bond motifs is 1. The summed E-state index contributed by atoms with van der Waals surface area (Å²) in [6.45, 7) is 2.99. The zero-order chi connectivity index (χ0) is 14.8. The van der Waals surface area contributed by atoms with Gasteiger partial charge in [-0.1, -0.05) is 18.2 Å². The number of ether oxygens (including phenoxy) is 2. The number of hydrogen-bond donors (Lipinski definition) is 1. The summed E-state index contributed by atoms with van der Waals surface area (Å²) in [5.41, 5.74) is 2.48. The summed E-state index contributed by atoms with van der Waals surface area (Å²) < 4.78 is 25.3. The minimum absolute atomic E-state index is 0.204. The molecule has 2 aromatic rings. The summed E-state index contributed by atoms with van der Waals surface area (Å²) >= 11 is 0. The quantitative estimate of drug-likeness (QED) is 0.940. The molecule has 110 valence electrons. The van der Waals surface area contributed by atoms with Gasteiger partial charge in [-0.05, 0) is 43.3 Å². The standard InChI is InChI=1S/C17H18FNO2/c1-11-3-5-13(14(18)9-11)17(19-2)12-4-6-15-16(10-12)21-8-7-20-15/h3-6,9-10,17,19H,7-8H2,1-2H3. The first-order chi connectivity index (χ1) is 10.2. The molecule has 0 fully saturated rings. The molecule has 0 saturated carbocycles. The van der Waals surface area contributed by atoms with E-state index in [2.05, 4.69) is 5.32 Å². The van der Waals surface area contributed by atoms with Gasteiger partial charge in [0.15, 0.2) is 11.5 Å². The van der Waals surface area contributed by atoms with Gasteiger partial charge in [0.05, 0.1) is 6.04 Å². The summed E-state index contributed by atoms with van der Waals surface area (Å²) in [4.78, 5) is 0. The van der Waals surface area contributed by atoms with Gasteiger partial charge in [0.25, 0.3) is 0 Å². The average Bonchev–Trinajstić information content (AvgIpc) is 2.50. The summed E-state index contributed by atoms with van der Waals surface area (Å²) in [5, 5.41) is 3.17. The smallest absolute Gasteiger partial charge is 0.161 e. The van der Waals surface area contributed by atoms with Gasteiger partial charge in [-0.15, -0.1) is 0 Å².